The van der Waals surface area contributed by atoms with Crippen LogP contribution in [0.5, 0.6) is 5.75 Å². The van der Waals surface area contributed by atoms with Crippen LogP contribution in [0.4, 0.5) is 5.69 Å². The summed E-state index contributed by atoms with van der Waals surface area (Å²) in [6.45, 7) is 4.37. The van der Waals surface area contributed by atoms with Gasteiger partial charge >= 0.3 is 0 Å². The number of morpholine rings is 1. The highest BCUT2D eigenvalue weighted by atomic mass is 32.2. The molecule has 1 heterocycles. The Bertz CT molecular complexity index is 955. The molecule has 3 rings (SSSR count). The van der Waals surface area contributed by atoms with Gasteiger partial charge in [0.1, 0.15) is 5.75 Å². The Hall–Kier alpha value is -2.23. The van der Waals surface area contributed by atoms with Gasteiger partial charge in [-0.1, -0.05) is 0 Å². The van der Waals surface area contributed by atoms with Crippen molar-refractivity contribution < 1.29 is 22.7 Å². The van der Waals surface area contributed by atoms with Crippen LogP contribution in [0.1, 0.15) is 17.3 Å². The Balaban J connectivity index is 1.85. The second-order valence-corrected chi connectivity index (χ2v) is 8.86. The van der Waals surface area contributed by atoms with Gasteiger partial charge in [-0.3, -0.25) is 9.52 Å². The Morgan fingerprint density at radius 1 is 1.17 bits per heavy atom. The SMILES string of the molecule is CCOc1ccc(NS(=O)(=O)c2ccc(SC)c(C(=O)N3CCOCC3)c2)cc1. The molecule has 0 spiro atoms. The van der Waals surface area contributed by atoms with Gasteiger partial charge < -0.3 is 14.4 Å². The van der Waals surface area contributed by atoms with Gasteiger partial charge in [0.05, 0.1) is 30.3 Å². The first-order chi connectivity index (χ1) is 13.9. The molecule has 1 fully saturated rings. The zero-order valence-electron chi connectivity index (χ0n) is 16.4. The van der Waals surface area contributed by atoms with E-state index in [-0.39, 0.29) is 10.8 Å². The van der Waals surface area contributed by atoms with Crippen molar-refractivity contribution in [3.8, 4) is 5.75 Å². The fourth-order valence-corrected chi connectivity index (χ4v) is 4.61. The number of sulfonamides is 1. The van der Waals surface area contributed by atoms with Crippen molar-refractivity contribution in [2.45, 2.75) is 16.7 Å². The van der Waals surface area contributed by atoms with Crippen LogP contribution in [0.25, 0.3) is 0 Å². The number of carbonyl (C=O) groups excluding carboxylic acids is 1. The number of thioether (sulfide) groups is 1. The Morgan fingerprint density at radius 3 is 2.48 bits per heavy atom. The molecule has 0 aliphatic carbocycles. The number of nitrogens with one attached hydrogen (secondary N) is 1. The maximum atomic E-state index is 12.9. The summed E-state index contributed by atoms with van der Waals surface area (Å²) in [5, 5.41) is 0. The van der Waals surface area contributed by atoms with Crippen molar-refractivity contribution in [1.82, 2.24) is 4.90 Å². The topological polar surface area (TPSA) is 84.9 Å². The predicted molar refractivity (Wildman–Crippen MR) is 113 cm³/mol. The standard InChI is InChI=1S/C20H24N2O5S2/c1-3-27-16-6-4-15(5-7-16)21-29(24,25)17-8-9-19(28-2)18(14-17)20(23)22-10-12-26-13-11-22/h4-9,14,21H,3,10-13H2,1-2H3. The number of nitrogens with zero attached hydrogens (tertiary/aromatic N) is 1. The van der Waals surface area contributed by atoms with Crippen LogP contribution in [0.2, 0.25) is 0 Å². The molecular formula is C20H24N2O5S2. The van der Waals surface area contributed by atoms with Crippen molar-refractivity contribution >= 4 is 33.4 Å². The van der Waals surface area contributed by atoms with E-state index in [0.717, 1.165) is 4.90 Å². The fourth-order valence-electron chi connectivity index (χ4n) is 2.96. The number of ether oxygens (including phenoxy) is 2. The Kier molecular flexibility index (Phi) is 7.05. The van der Waals surface area contributed by atoms with Gasteiger partial charge in [0.25, 0.3) is 15.9 Å². The minimum atomic E-state index is -3.85. The number of carbonyl (C=O) groups is 1. The van der Waals surface area contributed by atoms with Crippen LogP contribution in [-0.4, -0.2) is 58.4 Å². The minimum absolute atomic E-state index is 0.0424. The van der Waals surface area contributed by atoms with Crippen molar-refractivity contribution in [2.24, 2.45) is 0 Å². The summed E-state index contributed by atoms with van der Waals surface area (Å²) in [7, 11) is -3.85. The van der Waals surface area contributed by atoms with Crippen LogP contribution >= 0.6 is 11.8 Å². The molecule has 29 heavy (non-hydrogen) atoms. The van der Waals surface area contributed by atoms with Gasteiger partial charge in [-0.2, -0.15) is 0 Å². The molecule has 156 valence electrons. The van der Waals surface area contributed by atoms with Crippen molar-refractivity contribution in [3.63, 3.8) is 0 Å². The molecule has 1 amide bonds. The van der Waals surface area contributed by atoms with Crippen molar-refractivity contribution in [3.05, 3.63) is 48.0 Å². The summed E-state index contributed by atoms with van der Waals surface area (Å²) in [6.07, 6.45) is 1.86. The average Bonchev–Trinajstić information content (AvgIpc) is 2.74. The van der Waals surface area contributed by atoms with Crippen LogP contribution in [-0.2, 0) is 14.8 Å². The van der Waals surface area contributed by atoms with Crippen LogP contribution < -0.4 is 9.46 Å². The summed E-state index contributed by atoms with van der Waals surface area (Å²) in [5.41, 5.74) is 0.803. The lowest BCUT2D eigenvalue weighted by Crippen LogP contribution is -2.40. The van der Waals surface area contributed by atoms with Gasteiger partial charge in [-0.25, -0.2) is 8.42 Å². The van der Waals surface area contributed by atoms with Gasteiger partial charge in [0.2, 0.25) is 0 Å². The highest BCUT2D eigenvalue weighted by Gasteiger charge is 2.24. The molecule has 1 aliphatic heterocycles. The van der Waals surface area contributed by atoms with Crippen LogP contribution in [0, 0.1) is 0 Å². The molecule has 0 bridgehead atoms. The highest BCUT2D eigenvalue weighted by Crippen LogP contribution is 2.27. The lowest BCUT2D eigenvalue weighted by Gasteiger charge is -2.27. The predicted octanol–water partition coefficient (Wildman–Crippen LogP) is 3.08. The molecule has 1 aliphatic rings. The van der Waals surface area contributed by atoms with E-state index in [4.69, 9.17) is 9.47 Å². The summed E-state index contributed by atoms with van der Waals surface area (Å²) in [4.78, 5) is 15.4. The molecule has 9 heteroatoms. The number of rotatable bonds is 7. The third kappa shape index (κ3) is 5.23. The molecule has 1 N–H and O–H groups in total. The lowest BCUT2D eigenvalue weighted by molar-refractivity contribution is 0.0300. The van der Waals surface area contributed by atoms with Crippen molar-refractivity contribution in [2.75, 3.05) is 43.9 Å². The highest BCUT2D eigenvalue weighted by molar-refractivity contribution is 7.98. The van der Waals surface area contributed by atoms with Gasteiger partial charge in [0, 0.05) is 23.7 Å². The molecular weight excluding hydrogens is 412 g/mol. The first-order valence-corrected chi connectivity index (χ1v) is 12.0. The quantitative estimate of drug-likeness (QED) is 0.672. The second-order valence-electron chi connectivity index (χ2n) is 6.33. The van der Waals surface area contributed by atoms with E-state index in [1.807, 2.05) is 13.2 Å². The zero-order valence-corrected chi connectivity index (χ0v) is 18.0. The normalized spacial score (nSPS) is 14.5. The molecule has 1 saturated heterocycles. The summed E-state index contributed by atoms with van der Waals surface area (Å²) >= 11 is 1.41. The molecule has 0 saturated carbocycles. The Morgan fingerprint density at radius 2 is 1.86 bits per heavy atom. The second kappa shape index (κ2) is 9.51. The number of anilines is 1. The fraction of sp³-hybridized carbons (Fsp3) is 0.350. The van der Waals surface area contributed by atoms with Crippen LogP contribution in [0.3, 0.4) is 0 Å². The van der Waals surface area contributed by atoms with Gasteiger partial charge in [-0.15, -0.1) is 11.8 Å². The van der Waals surface area contributed by atoms with E-state index in [0.29, 0.717) is 49.9 Å². The molecule has 0 unspecified atom stereocenters. The van der Waals surface area contributed by atoms with E-state index in [1.165, 1.54) is 23.9 Å². The monoisotopic (exact) mass is 436 g/mol. The molecule has 7 nitrogen and oxygen atoms in total. The zero-order chi connectivity index (χ0) is 20.9. The van der Waals surface area contributed by atoms with E-state index in [9.17, 15) is 13.2 Å². The molecule has 0 atom stereocenters. The van der Waals surface area contributed by atoms with Gasteiger partial charge in [0.15, 0.2) is 0 Å². The van der Waals surface area contributed by atoms with E-state index in [2.05, 4.69) is 4.72 Å². The number of hydrogen-bond donors (Lipinski definition) is 1. The van der Waals surface area contributed by atoms with Gasteiger partial charge in [-0.05, 0) is 55.6 Å². The first kappa shape index (κ1) is 21.5. The number of benzene rings is 2. The van der Waals surface area contributed by atoms with Crippen LogP contribution in [0.15, 0.2) is 52.3 Å². The number of hydrogen-bond acceptors (Lipinski definition) is 6. The third-order valence-electron chi connectivity index (χ3n) is 4.43. The van der Waals surface area contributed by atoms with E-state index >= 15 is 0 Å². The number of amides is 1. The third-order valence-corrected chi connectivity index (χ3v) is 6.60. The van der Waals surface area contributed by atoms with E-state index < -0.39 is 10.0 Å². The minimum Gasteiger partial charge on any atom is -0.494 e. The lowest BCUT2D eigenvalue weighted by atomic mass is 10.2. The summed E-state index contributed by atoms with van der Waals surface area (Å²) < 4.78 is 39.0. The maximum absolute atomic E-state index is 12.9. The smallest absolute Gasteiger partial charge is 0.261 e. The summed E-state index contributed by atoms with van der Waals surface area (Å²) in [5.74, 6) is 0.480. The molecule has 2 aromatic rings. The average molecular weight is 437 g/mol. The molecule has 0 radical (unpaired) electrons. The largest absolute Gasteiger partial charge is 0.494 e. The maximum Gasteiger partial charge on any atom is 0.261 e. The Labute approximate surface area is 175 Å². The molecule has 0 aromatic heterocycles. The van der Waals surface area contributed by atoms with E-state index in [1.54, 1.807) is 35.2 Å². The summed E-state index contributed by atoms with van der Waals surface area (Å²) in [6, 6.07) is 11.3. The van der Waals surface area contributed by atoms with Crippen molar-refractivity contribution in [1.29, 1.82) is 0 Å². The molecule has 2 aromatic carbocycles. The first-order valence-electron chi connectivity index (χ1n) is 9.25.